The highest BCUT2D eigenvalue weighted by Crippen LogP contribution is 2.45. The zero-order chi connectivity index (χ0) is 70.4. The second-order valence-electron chi connectivity index (χ2n) is 28.5. The standard InChI is InChI=1S/C21H16.C19H14.C17H12.C17H14.2C15H12/c1-15-17-11-5-7-13-19(17)21(16-9-3-2-4-10-16)20-14-8-6-12-18(15)20;1-13-10-11-18-16-8-3-2-6-14(16)15-7-4-5-9-17(15)19(18)12-13;1-11-9-14-7-5-12-3-2-4-13-6-8-15(10-11)17(14)16(12)13;1-11-5-6-14-8-7-12-3-2-4-13-9-10-15(11)17(14)16(12)13;1-11-14-8-4-2-6-12(14)10-13-7-3-5-9-15(11)13;1-11-6-7-14-9-12-4-2-3-5-13(12)10-15(14)8-11/h2-14H,1H3;2-12H,1H3;2-10H,1H3;2-11,14H,1H3;2*2-10H,1H3. The summed E-state index contributed by atoms with van der Waals surface area (Å²) in [4.78, 5) is 0. The lowest BCUT2D eigenvalue weighted by molar-refractivity contribution is 0.878. The van der Waals surface area contributed by atoms with E-state index in [2.05, 4.69) is 406 Å². The Hall–Kier alpha value is -12.5. The smallest absolute Gasteiger partial charge is 0.0211 e. The molecule has 0 spiro atoms. The molecule has 20 aromatic rings. The van der Waals surface area contributed by atoms with E-state index in [4.69, 9.17) is 0 Å². The second-order valence-corrected chi connectivity index (χ2v) is 28.5. The Labute approximate surface area is 609 Å². The number of aryl methyl sites for hydroxylation is 5. The topological polar surface area (TPSA) is 0 Å². The fraction of sp³-hybridized carbons (Fsp3) is 0.0769. The molecular weight excluding hydrogens is 1250 g/mol. The van der Waals surface area contributed by atoms with E-state index >= 15 is 0 Å². The van der Waals surface area contributed by atoms with Crippen molar-refractivity contribution in [2.45, 2.75) is 53.4 Å². The van der Waals surface area contributed by atoms with Gasteiger partial charge >= 0.3 is 0 Å². The first-order valence-electron chi connectivity index (χ1n) is 36.6. The van der Waals surface area contributed by atoms with Crippen LogP contribution >= 0.6 is 0 Å². The molecule has 2 aliphatic carbocycles. The number of benzene rings is 20. The Morgan fingerprint density at radius 1 is 0.221 bits per heavy atom. The van der Waals surface area contributed by atoms with Gasteiger partial charge in [-0.1, -0.05) is 364 Å². The summed E-state index contributed by atoms with van der Waals surface area (Å²) < 4.78 is 0. The van der Waals surface area contributed by atoms with Crippen LogP contribution in [-0.2, 0) is 0 Å². The van der Waals surface area contributed by atoms with Gasteiger partial charge in [0.2, 0.25) is 0 Å². The normalized spacial score (nSPS) is 13.4. The van der Waals surface area contributed by atoms with Crippen molar-refractivity contribution in [3.05, 3.63) is 402 Å². The Morgan fingerprint density at radius 2 is 0.606 bits per heavy atom. The molecule has 2 unspecified atom stereocenters. The number of rotatable bonds is 1. The molecule has 104 heavy (non-hydrogen) atoms. The fourth-order valence-electron chi connectivity index (χ4n) is 16.7. The average Bonchev–Trinajstić information content (AvgIpc) is 0.762. The zero-order valence-electron chi connectivity index (χ0n) is 59.8. The number of hydrogen-bond donors (Lipinski definition) is 0. The fourth-order valence-corrected chi connectivity index (χ4v) is 16.7. The molecule has 2 aliphatic rings. The third-order valence-electron chi connectivity index (χ3n) is 21.7. The average molecular weight is 1330 g/mol. The van der Waals surface area contributed by atoms with Crippen LogP contribution in [0.1, 0.15) is 63.3 Å². The van der Waals surface area contributed by atoms with Crippen LogP contribution < -0.4 is 0 Å². The van der Waals surface area contributed by atoms with Gasteiger partial charge in [0.15, 0.2) is 0 Å². The lowest BCUT2D eigenvalue weighted by Gasteiger charge is -2.28. The Bertz CT molecular complexity index is 6530. The minimum atomic E-state index is 0.486. The molecule has 0 aromatic heterocycles. The second kappa shape index (κ2) is 27.8. The van der Waals surface area contributed by atoms with Crippen molar-refractivity contribution in [3.63, 3.8) is 0 Å². The summed E-state index contributed by atoms with van der Waals surface area (Å²) in [5.74, 6) is 1.03. The van der Waals surface area contributed by atoms with Gasteiger partial charge < -0.3 is 0 Å². The van der Waals surface area contributed by atoms with Crippen LogP contribution in [-0.4, -0.2) is 0 Å². The summed E-state index contributed by atoms with van der Waals surface area (Å²) in [6, 6.07) is 122. The quantitative estimate of drug-likeness (QED) is 0.0873. The van der Waals surface area contributed by atoms with Gasteiger partial charge in [0, 0.05) is 5.92 Å². The maximum absolute atomic E-state index is 2.35. The molecule has 0 saturated carbocycles. The number of hydrogen-bond acceptors (Lipinski definition) is 0. The van der Waals surface area contributed by atoms with E-state index in [9.17, 15) is 0 Å². The molecule has 0 fully saturated rings. The van der Waals surface area contributed by atoms with Gasteiger partial charge in [-0.2, -0.15) is 0 Å². The third-order valence-corrected chi connectivity index (χ3v) is 21.7. The summed E-state index contributed by atoms with van der Waals surface area (Å²) in [7, 11) is 0. The van der Waals surface area contributed by atoms with Crippen LogP contribution in [0.3, 0.4) is 0 Å². The largest absolute Gasteiger partial charge is 0.0804 e. The summed E-state index contributed by atoms with van der Waals surface area (Å²) >= 11 is 0. The van der Waals surface area contributed by atoms with Crippen LogP contribution in [0.25, 0.3) is 157 Å². The monoisotopic (exact) mass is 1330 g/mol. The van der Waals surface area contributed by atoms with Crippen molar-refractivity contribution >= 4 is 146 Å². The maximum Gasteiger partial charge on any atom is 0.0211 e. The molecule has 0 amide bonds. The molecule has 0 bridgehead atoms. The lowest BCUT2D eigenvalue weighted by atomic mass is 9.76. The van der Waals surface area contributed by atoms with Crippen molar-refractivity contribution in [2.75, 3.05) is 0 Å². The highest BCUT2D eigenvalue weighted by molar-refractivity contribution is 6.26. The first-order valence-corrected chi connectivity index (χ1v) is 36.6. The van der Waals surface area contributed by atoms with E-state index in [-0.39, 0.29) is 0 Å². The van der Waals surface area contributed by atoms with Crippen molar-refractivity contribution < 1.29 is 0 Å². The molecule has 0 heterocycles. The zero-order valence-corrected chi connectivity index (χ0v) is 59.8. The van der Waals surface area contributed by atoms with Crippen molar-refractivity contribution in [1.82, 2.24) is 0 Å². The van der Waals surface area contributed by atoms with Gasteiger partial charge in [0.1, 0.15) is 0 Å². The van der Waals surface area contributed by atoms with Crippen LogP contribution in [0, 0.1) is 34.6 Å². The summed E-state index contributed by atoms with van der Waals surface area (Å²) in [5, 5.41) is 35.1. The van der Waals surface area contributed by atoms with Crippen LogP contribution in [0.2, 0.25) is 0 Å². The molecular formula is C104H80. The summed E-state index contributed by atoms with van der Waals surface area (Å²) in [5.41, 5.74) is 13.7. The molecule has 22 rings (SSSR count). The molecule has 20 aromatic carbocycles. The Morgan fingerprint density at radius 3 is 1.20 bits per heavy atom. The Balaban J connectivity index is 0.0000000927. The molecule has 496 valence electrons. The minimum Gasteiger partial charge on any atom is -0.0804 e. The van der Waals surface area contributed by atoms with Crippen molar-refractivity contribution in [3.8, 4) is 11.1 Å². The van der Waals surface area contributed by atoms with Crippen molar-refractivity contribution in [1.29, 1.82) is 0 Å². The minimum absolute atomic E-state index is 0.486. The van der Waals surface area contributed by atoms with Crippen LogP contribution in [0.5, 0.6) is 0 Å². The molecule has 2 atom stereocenters. The van der Waals surface area contributed by atoms with Gasteiger partial charge in [0.25, 0.3) is 0 Å². The van der Waals surface area contributed by atoms with E-state index < -0.39 is 0 Å². The number of allylic oxidation sites excluding steroid dienone is 3. The molecule has 0 N–H and O–H groups in total. The highest BCUT2D eigenvalue weighted by atomic mass is 14.3. The lowest BCUT2D eigenvalue weighted by Crippen LogP contribution is -2.09. The molecule has 0 saturated heterocycles. The molecule has 0 heteroatoms. The SMILES string of the molecule is CC1C=CC2C=Cc3cccc4ccc1c2c34.Cc1c2ccccc2c(-c2ccccc2)c2ccccc12.Cc1c2ccccc2cc2ccccc12.Cc1cc2ccc3cccc4ccc(c1)c2c34.Cc1ccc2c3ccccc3c3ccccc3c2c1.Cc1ccc2cc3ccccc3cc2c1. The maximum atomic E-state index is 2.35. The summed E-state index contributed by atoms with van der Waals surface area (Å²) in [6.07, 6.45) is 9.27. The van der Waals surface area contributed by atoms with E-state index in [0.29, 0.717) is 11.8 Å². The first kappa shape index (κ1) is 64.9. The molecule has 0 nitrogen and oxygen atoms in total. The van der Waals surface area contributed by atoms with E-state index in [1.807, 2.05) is 0 Å². The van der Waals surface area contributed by atoms with Crippen molar-refractivity contribution in [2.24, 2.45) is 0 Å². The van der Waals surface area contributed by atoms with E-state index in [1.54, 1.807) is 0 Å². The van der Waals surface area contributed by atoms with Gasteiger partial charge in [-0.05, 0) is 243 Å². The highest BCUT2D eigenvalue weighted by Gasteiger charge is 2.24. The molecule has 0 aliphatic heterocycles. The summed E-state index contributed by atoms with van der Waals surface area (Å²) in [6.45, 7) is 13.2. The molecule has 0 radical (unpaired) electrons. The first-order chi connectivity index (χ1) is 51.1. The Kier molecular flexibility index (Phi) is 17.3. The van der Waals surface area contributed by atoms with Gasteiger partial charge in [0.05, 0.1) is 0 Å². The van der Waals surface area contributed by atoms with Gasteiger partial charge in [-0.3, -0.25) is 0 Å². The number of fused-ring (bicyclic) bond motifs is 12. The van der Waals surface area contributed by atoms with Crippen LogP contribution in [0.15, 0.2) is 358 Å². The van der Waals surface area contributed by atoms with Gasteiger partial charge in [-0.15, -0.1) is 0 Å². The third kappa shape index (κ3) is 12.2. The van der Waals surface area contributed by atoms with Gasteiger partial charge in [-0.25, -0.2) is 0 Å². The van der Waals surface area contributed by atoms with E-state index in [1.165, 1.54) is 196 Å². The predicted molar refractivity (Wildman–Crippen MR) is 456 cm³/mol. The van der Waals surface area contributed by atoms with E-state index in [0.717, 1.165) is 0 Å². The predicted octanol–water partition coefficient (Wildman–Crippen LogP) is 29.5. The van der Waals surface area contributed by atoms with Crippen LogP contribution in [0.4, 0.5) is 0 Å².